The molecule has 27 heavy (non-hydrogen) atoms. The van der Waals surface area contributed by atoms with Gasteiger partial charge in [0.2, 0.25) is 0 Å². The number of nitrogens with one attached hydrogen (secondary N) is 2. The van der Waals surface area contributed by atoms with Gasteiger partial charge in [0.25, 0.3) is 5.56 Å². The van der Waals surface area contributed by atoms with Crippen molar-refractivity contribution < 1.29 is 9.53 Å². The number of carbonyl (C=O) groups is 1. The van der Waals surface area contributed by atoms with Gasteiger partial charge in [0.1, 0.15) is 15.5 Å². The average Bonchev–Trinajstić information content (AvgIpc) is 2.91. The lowest BCUT2D eigenvalue weighted by Gasteiger charge is -2.15. The zero-order valence-corrected chi connectivity index (χ0v) is 16.9. The van der Waals surface area contributed by atoms with Crippen LogP contribution in [0.4, 0.5) is 5.69 Å². The second-order valence-electron chi connectivity index (χ2n) is 6.65. The summed E-state index contributed by atoms with van der Waals surface area (Å²) in [6.07, 6.45) is 0. The Morgan fingerprint density at radius 1 is 1.26 bits per heavy atom. The minimum Gasteiger partial charge on any atom is -0.462 e. The molecule has 3 aromatic rings. The summed E-state index contributed by atoms with van der Waals surface area (Å²) in [6, 6.07) is 6.01. The molecule has 0 amide bonds. The smallest absolute Gasteiger partial charge is 0.348 e. The molecule has 1 aromatic carbocycles. The lowest BCUT2D eigenvalue weighted by molar-refractivity contribution is 0.0531. The number of benzene rings is 1. The molecular formula is C20H23N3O3S. The fourth-order valence-corrected chi connectivity index (χ4v) is 4.22. The van der Waals surface area contributed by atoms with Gasteiger partial charge in [-0.05, 0) is 63.4 Å². The summed E-state index contributed by atoms with van der Waals surface area (Å²) in [5, 5.41) is 3.83. The molecule has 1 atom stereocenters. The zero-order chi connectivity index (χ0) is 19.7. The van der Waals surface area contributed by atoms with Crippen molar-refractivity contribution in [1.82, 2.24) is 9.97 Å². The molecule has 0 saturated carbocycles. The van der Waals surface area contributed by atoms with Crippen molar-refractivity contribution in [2.75, 3.05) is 11.9 Å². The van der Waals surface area contributed by atoms with E-state index in [4.69, 9.17) is 4.74 Å². The van der Waals surface area contributed by atoms with Crippen molar-refractivity contribution in [3.63, 3.8) is 0 Å². The van der Waals surface area contributed by atoms with Crippen molar-refractivity contribution in [3.05, 3.63) is 55.9 Å². The molecule has 0 aliphatic carbocycles. The molecule has 0 radical (unpaired) electrons. The second-order valence-corrected chi connectivity index (χ2v) is 7.65. The summed E-state index contributed by atoms with van der Waals surface area (Å²) in [5.74, 6) is 0.115. The highest BCUT2D eigenvalue weighted by Gasteiger charge is 2.21. The molecule has 0 aliphatic heterocycles. The van der Waals surface area contributed by atoms with E-state index in [0.717, 1.165) is 16.8 Å². The van der Waals surface area contributed by atoms with Gasteiger partial charge in [-0.3, -0.25) is 4.79 Å². The molecule has 0 saturated heterocycles. The van der Waals surface area contributed by atoms with E-state index in [-0.39, 0.29) is 11.6 Å². The van der Waals surface area contributed by atoms with Gasteiger partial charge >= 0.3 is 5.97 Å². The summed E-state index contributed by atoms with van der Waals surface area (Å²) in [4.78, 5) is 33.1. The van der Waals surface area contributed by atoms with E-state index in [1.807, 2.05) is 32.9 Å². The minimum atomic E-state index is -0.416. The number of rotatable bonds is 5. The van der Waals surface area contributed by atoms with Gasteiger partial charge in [-0.15, -0.1) is 11.3 Å². The number of ether oxygens (including phenoxy) is 1. The monoisotopic (exact) mass is 385 g/mol. The molecular weight excluding hydrogens is 362 g/mol. The van der Waals surface area contributed by atoms with Gasteiger partial charge in [-0.25, -0.2) is 9.78 Å². The van der Waals surface area contributed by atoms with Crippen molar-refractivity contribution in [3.8, 4) is 0 Å². The van der Waals surface area contributed by atoms with Crippen LogP contribution in [0.2, 0.25) is 0 Å². The first-order valence-electron chi connectivity index (χ1n) is 8.85. The summed E-state index contributed by atoms with van der Waals surface area (Å²) in [5.41, 5.74) is 3.67. The minimum absolute atomic E-state index is 0.197. The summed E-state index contributed by atoms with van der Waals surface area (Å²) >= 11 is 1.20. The van der Waals surface area contributed by atoms with Gasteiger partial charge in [-0.2, -0.15) is 0 Å². The molecule has 2 heterocycles. The molecule has 0 bridgehead atoms. The molecule has 2 N–H and O–H groups in total. The highest BCUT2D eigenvalue weighted by atomic mass is 32.1. The van der Waals surface area contributed by atoms with Crippen molar-refractivity contribution in [1.29, 1.82) is 0 Å². The number of fused-ring (bicyclic) bond motifs is 1. The van der Waals surface area contributed by atoms with Crippen molar-refractivity contribution in [2.45, 2.75) is 40.7 Å². The van der Waals surface area contributed by atoms with Crippen LogP contribution in [0.5, 0.6) is 0 Å². The third-order valence-electron chi connectivity index (χ3n) is 4.29. The Morgan fingerprint density at radius 3 is 2.56 bits per heavy atom. The number of nitrogens with zero attached hydrogens (tertiary/aromatic N) is 1. The first-order valence-corrected chi connectivity index (χ1v) is 9.67. The second kappa shape index (κ2) is 7.52. The Bertz CT molecular complexity index is 1050. The maximum atomic E-state index is 12.6. The Labute approximate surface area is 161 Å². The van der Waals surface area contributed by atoms with E-state index in [1.54, 1.807) is 13.8 Å². The lowest BCUT2D eigenvalue weighted by atomic mass is 10.1. The third kappa shape index (κ3) is 3.88. The van der Waals surface area contributed by atoms with E-state index in [0.29, 0.717) is 33.1 Å². The van der Waals surface area contributed by atoms with Crippen molar-refractivity contribution >= 4 is 33.2 Å². The van der Waals surface area contributed by atoms with E-state index in [2.05, 4.69) is 21.4 Å². The van der Waals surface area contributed by atoms with Crippen LogP contribution in [-0.4, -0.2) is 22.5 Å². The maximum absolute atomic E-state index is 12.6. The Morgan fingerprint density at radius 2 is 1.93 bits per heavy atom. The molecule has 2 aromatic heterocycles. The van der Waals surface area contributed by atoms with E-state index in [1.165, 1.54) is 11.3 Å². The largest absolute Gasteiger partial charge is 0.462 e. The number of aryl methyl sites for hydroxylation is 3. The Hall–Kier alpha value is -2.67. The topological polar surface area (TPSA) is 84.1 Å². The third-order valence-corrected chi connectivity index (χ3v) is 5.46. The standard InChI is InChI=1S/C20H23N3O3S/c1-6-26-20(25)16-12(4)15-18(24)22-17(23-19(15)27-16)13(5)21-14-8-10(2)7-11(3)9-14/h7-9,13,21H,6H2,1-5H3,(H,22,23,24)/t13-/m0/s1. The van der Waals surface area contributed by atoms with E-state index >= 15 is 0 Å². The first kappa shape index (κ1) is 19.1. The number of carbonyl (C=O) groups excluding carboxylic acids is 1. The molecule has 142 valence electrons. The fraction of sp³-hybridized carbons (Fsp3) is 0.350. The highest BCUT2D eigenvalue weighted by molar-refractivity contribution is 7.20. The van der Waals surface area contributed by atoms with Gasteiger partial charge in [0.15, 0.2) is 0 Å². The van der Waals surface area contributed by atoms with E-state index < -0.39 is 5.97 Å². The molecule has 0 spiro atoms. The molecule has 0 aliphatic rings. The molecule has 0 unspecified atom stereocenters. The van der Waals surface area contributed by atoms with Gasteiger partial charge in [0.05, 0.1) is 18.0 Å². The lowest BCUT2D eigenvalue weighted by Crippen LogP contribution is -2.17. The van der Waals surface area contributed by atoms with Crippen LogP contribution in [0.1, 0.15) is 52.1 Å². The van der Waals surface area contributed by atoms with Crippen LogP contribution in [0.15, 0.2) is 23.0 Å². The maximum Gasteiger partial charge on any atom is 0.348 e. The van der Waals surface area contributed by atoms with E-state index in [9.17, 15) is 9.59 Å². The average molecular weight is 385 g/mol. The quantitative estimate of drug-likeness (QED) is 0.641. The molecule has 0 fully saturated rings. The number of thiophene rings is 1. The fourth-order valence-electron chi connectivity index (χ4n) is 3.13. The number of aromatic nitrogens is 2. The SMILES string of the molecule is CCOC(=O)c1sc2nc([C@H](C)Nc3cc(C)cc(C)c3)[nH]c(=O)c2c1C. The predicted octanol–water partition coefficient (Wildman–Crippen LogP) is 4.26. The summed E-state index contributed by atoms with van der Waals surface area (Å²) in [6.45, 7) is 9.82. The van der Waals surface area contributed by atoms with Crippen molar-refractivity contribution in [2.24, 2.45) is 0 Å². The van der Waals surface area contributed by atoms with Crippen LogP contribution < -0.4 is 10.9 Å². The summed E-state index contributed by atoms with van der Waals surface area (Å²) in [7, 11) is 0. The van der Waals surface area contributed by atoms with Crippen LogP contribution >= 0.6 is 11.3 Å². The molecule has 3 rings (SSSR count). The zero-order valence-electron chi connectivity index (χ0n) is 16.1. The number of aromatic amines is 1. The normalized spacial score (nSPS) is 12.2. The number of anilines is 1. The first-order chi connectivity index (χ1) is 12.8. The van der Waals surface area contributed by atoms with Gasteiger partial charge in [-0.1, -0.05) is 6.07 Å². The number of hydrogen-bond donors (Lipinski definition) is 2. The molecule has 7 heteroatoms. The Balaban J connectivity index is 1.97. The summed E-state index contributed by atoms with van der Waals surface area (Å²) < 4.78 is 5.08. The predicted molar refractivity (Wildman–Crippen MR) is 109 cm³/mol. The number of H-pyrrole nitrogens is 1. The van der Waals surface area contributed by atoms with Gasteiger partial charge in [0, 0.05) is 5.69 Å². The van der Waals surface area contributed by atoms with Crippen LogP contribution in [0, 0.1) is 20.8 Å². The number of esters is 1. The Kier molecular flexibility index (Phi) is 5.32. The van der Waals surface area contributed by atoms with Crippen LogP contribution in [0.3, 0.4) is 0 Å². The molecule has 6 nitrogen and oxygen atoms in total. The van der Waals surface area contributed by atoms with Crippen LogP contribution in [0.25, 0.3) is 10.2 Å². The van der Waals surface area contributed by atoms with Gasteiger partial charge < -0.3 is 15.0 Å². The number of hydrogen-bond acceptors (Lipinski definition) is 6. The van der Waals surface area contributed by atoms with Crippen LogP contribution in [-0.2, 0) is 4.74 Å². The highest BCUT2D eigenvalue weighted by Crippen LogP contribution is 2.29.